The summed E-state index contributed by atoms with van der Waals surface area (Å²) in [6.45, 7) is 7.15. The summed E-state index contributed by atoms with van der Waals surface area (Å²) in [6, 6.07) is 13.9. The second kappa shape index (κ2) is 12.0. The van der Waals surface area contributed by atoms with Crippen LogP contribution in [0.3, 0.4) is 0 Å². The van der Waals surface area contributed by atoms with Crippen LogP contribution in [0.5, 0.6) is 11.5 Å². The number of hydrogen-bond acceptors (Lipinski definition) is 6. The van der Waals surface area contributed by atoms with E-state index >= 15 is 0 Å². The van der Waals surface area contributed by atoms with Gasteiger partial charge in [0.2, 0.25) is 0 Å². The van der Waals surface area contributed by atoms with Gasteiger partial charge in [0.15, 0.2) is 23.0 Å². The van der Waals surface area contributed by atoms with Crippen molar-refractivity contribution in [1.29, 1.82) is 0 Å². The van der Waals surface area contributed by atoms with Gasteiger partial charge in [0.25, 0.3) is 5.91 Å². The summed E-state index contributed by atoms with van der Waals surface area (Å²) in [5.74, 6) is -0.503. The minimum absolute atomic E-state index is 0.0446. The number of carbonyl (C=O) groups is 2. The first-order valence-corrected chi connectivity index (χ1v) is 11.5. The molecule has 1 unspecified atom stereocenters. The lowest BCUT2D eigenvalue weighted by atomic mass is 9.95. The van der Waals surface area contributed by atoms with E-state index in [0.717, 1.165) is 5.56 Å². The number of allylic oxidation sites excluding steroid dienone is 1. The number of benzene rings is 2. The van der Waals surface area contributed by atoms with Gasteiger partial charge in [0.05, 0.1) is 18.2 Å². The predicted octanol–water partition coefficient (Wildman–Crippen LogP) is 4.19. The molecule has 1 aliphatic heterocycles. The van der Waals surface area contributed by atoms with Crippen LogP contribution in [0.15, 0.2) is 78.6 Å². The molecular weight excluding hydrogens is 444 g/mol. The summed E-state index contributed by atoms with van der Waals surface area (Å²) in [4.78, 5) is 29.8. The van der Waals surface area contributed by atoms with Gasteiger partial charge in [-0.2, -0.15) is 0 Å². The summed E-state index contributed by atoms with van der Waals surface area (Å²) < 4.78 is 11.5. The molecule has 0 aromatic heterocycles. The van der Waals surface area contributed by atoms with Gasteiger partial charge in [-0.3, -0.25) is 9.59 Å². The van der Waals surface area contributed by atoms with E-state index in [1.54, 1.807) is 30.4 Å². The van der Waals surface area contributed by atoms with Crippen molar-refractivity contribution in [2.45, 2.75) is 13.0 Å². The molecule has 1 amide bonds. The molecule has 7 nitrogen and oxygen atoms in total. The molecule has 0 spiro atoms. The van der Waals surface area contributed by atoms with Crippen LogP contribution in [-0.4, -0.2) is 67.0 Å². The molecule has 0 radical (unpaired) electrons. The zero-order valence-electron chi connectivity index (χ0n) is 20.4. The standard InChI is InChI=1S/C28H32N2O5/c1-5-18-35-23-15-13-21(19-24(23)34-6-2)26-25(22(31)14-12-20-10-8-7-9-11-20)27(32)28(33)30(26)17-16-29(3)4/h5,7-15,19,26,32H,1,6,16-18H2,2-4H3/b14-12+. The number of carbonyl (C=O) groups excluding carboxylic acids is 2. The first kappa shape index (κ1) is 25.8. The van der Waals surface area contributed by atoms with E-state index in [0.29, 0.717) is 43.4 Å². The zero-order valence-corrected chi connectivity index (χ0v) is 20.4. The molecule has 1 heterocycles. The highest BCUT2D eigenvalue weighted by Gasteiger charge is 2.43. The van der Waals surface area contributed by atoms with Gasteiger partial charge < -0.3 is 24.4 Å². The lowest BCUT2D eigenvalue weighted by molar-refractivity contribution is -0.129. The third-order valence-corrected chi connectivity index (χ3v) is 5.52. The number of likely N-dealkylation sites (N-methyl/N-ethyl adjacent to an activating group) is 1. The first-order chi connectivity index (χ1) is 16.9. The minimum atomic E-state index is -0.761. The molecule has 2 aromatic rings. The number of aliphatic hydroxyl groups is 1. The summed E-state index contributed by atoms with van der Waals surface area (Å²) >= 11 is 0. The van der Waals surface area contributed by atoms with E-state index in [9.17, 15) is 14.7 Å². The second-order valence-electron chi connectivity index (χ2n) is 8.31. The Morgan fingerprint density at radius 2 is 1.89 bits per heavy atom. The fourth-order valence-corrected chi connectivity index (χ4v) is 3.85. The molecule has 1 aliphatic rings. The Bertz CT molecular complexity index is 1120. The molecule has 1 N–H and O–H groups in total. The number of hydrogen-bond donors (Lipinski definition) is 1. The van der Waals surface area contributed by atoms with Crippen LogP contribution in [0.2, 0.25) is 0 Å². The maximum atomic E-state index is 13.3. The highest BCUT2D eigenvalue weighted by Crippen LogP contribution is 2.41. The van der Waals surface area contributed by atoms with Gasteiger partial charge in [0, 0.05) is 13.1 Å². The second-order valence-corrected chi connectivity index (χ2v) is 8.31. The highest BCUT2D eigenvalue weighted by molar-refractivity contribution is 6.14. The largest absolute Gasteiger partial charge is 0.503 e. The SMILES string of the molecule is C=CCOc1ccc(C2C(C(=O)/C=C/c3ccccc3)=C(O)C(=O)N2CCN(C)C)cc1OCC. The Labute approximate surface area is 206 Å². The van der Waals surface area contributed by atoms with Crippen molar-refractivity contribution in [1.82, 2.24) is 9.80 Å². The average molecular weight is 477 g/mol. The van der Waals surface area contributed by atoms with Crippen molar-refractivity contribution < 1.29 is 24.2 Å². The normalized spacial score (nSPS) is 15.8. The number of aliphatic hydroxyl groups excluding tert-OH is 1. The Kier molecular flexibility index (Phi) is 8.86. The number of ether oxygens (including phenoxy) is 2. The van der Waals surface area contributed by atoms with Gasteiger partial charge in [-0.25, -0.2) is 0 Å². The van der Waals surface area contributed by atoms with Crippen LogP contribution in [0, 0.1) is 0 Å². The Morgan fingerprint density at radius 1 is 1.14 bits per heavy atom. The van der Waals surface area contributed by atoms with Crippen LogP contribution in [0.1, 0.15) is 24.1 Å². The average Bonchev–Trinajstić information content (AvgIpc) is 3.11. The Morgan fingerprint density at radius 3 is 2.54 bits per heavy atom. The van der Waals surface area contributed by atoms with Crippen LogP contribution >= 0.6 is 0 Å². The first-order valence-electron chi connectivity index (χ1n) is 11.5. The van der Waals surface area contributed by atoms with Crippen molar-refractivity contribution in [3.05, 3.63) is 89.7 Å². The van der Waals surface area contributed by atoms with Gasteiger partial charge >= 0.3 is 0 Å². The van der Waals surface area contributed by atoms with Crippen molar-refractivity contribution >= 4 is 17.8 Å². The third-order valence-electron chi connectivity index (χ3n) is 5.52. The molecule has 0 bridgehead atoms. The number of nitrogens with zero attached hydrogens (tertiary/aromatic N) is 2. The third kappa shape index (κ3) is 6.19. The molecular formula is C28H32N2O5. The van der Waals surface area contributed by atoms with Crippen LogP contribution in [0.4, 0.5) is 0 Å². The molecule has 0 saturated heterocycles. The quantitative estimate of drug-likeness (QED) is 0.366. The molecule has 184 valence electrons. The number of amides is 1. The summed E-state index contributed by atoms with van der Waals surface area (Å²) in [7, 11) is 3.80. The fourth-order valence-electron chi connectivity index (χ4n) is 3.85. The van der Waals surface area contributed by atoms with Crippen molar-refractivity contribution in [3.63, 3.8) is 0 Å². The van der Waals surface area contributed by atoms with E-state index in [2.05, 4.69) is 6.58 Å². The zero-order chi connectivity index (χ0) is 25.4. The lowest BCUT2D eigenvalue weighted by Gasteiger charge is -2.28. The van der Waals surface area contributed by atoms with E-state index in [1.165, 1.54) is 11.0 Å². The van der Waals surface area contributed by atoms with E-state index < -0.39 is 23.5 Å². The van der Waals surface area contributed by atoms with Gasteiger partial charge in [-0.1, -0.05) is 55.1 Å². The van der Waals surface area contributed by atoms with Gasteiger partial charge in [-0.15, -0.1) is 0 Å². The summed E-state index contributed by atoms with van der Waals surface area (Å²) in [5.41, 5.74) is 1.53. The van der Waals surface area contributed by atoms with Crippen LogP contribution in [-0.2, 0) is 9.59 Å². The highest BCUT2D eigenvalue weighted by atomic mass is 16.5. The molecule has 35 heavy (non-hydrogen) atoms. The summed E-state index contributed by atoms with van der Waals surface area (Å²) in [6.07, 6.45) is 4.70. The summed E-state index contributed by atoms with van der Waals surface area (Å²) in [5, 5.41) is 10.8. The van der Waals surface area contributed by atoms with Gasteiger partial charge in [-0.05, 0) is 50.4 Å². The topological polar surface area (TPSA) is 79.3 Å². The monoisotopic (exact) mass is 476 g/mol. The Hall–Kier alpha value is -3.84. The number of rotatable bonds is 12. The van der Waals surface area contributed by atoms with Crippen molar-refractivity contribution in [3.8, 4) is 11.5 Å². The maximum Gasteiger partial charge on any atom is 0.290 e. The van der Waals surface area contributed by atoms with E-state index in [4.69, 9.17) is 9.47 Å². The molecule has 2 aromatic carbocycles. The van der Waals surface area contributed by atoms with E-state index in [-0.39, 0.29) is 5.57 Å². The predicted molar refractivity (Wildman–Crippen MR) is 136 cm³/mol. The number of ketones is 1. The van der Waals surface area contributed by atoms with Crippen molar-refractivity contribution in [2.75, 3.05) is 40.4 Å². The molecule has 0 saturated carbocycles. The maximum absolute atomic E-state index is 13.3. The van der Waals surface area contributed by atoms with Crippen LogP contribution < -0.4 is 9.47 Å². The van der Waals surface area contributed by atoms with E-state index in [1.807, 2.05) is 56.3 Å². The molecule has 3 rings (SSSR count). The fraction of sp³-hybridized carbons (Fsp3) is 0.286. The van der Waals surface area contributed by atoms with Crippen molar-refractivity contribution in [2.24, 2.45) is 0 Å². The Balaban J connectivity index is 2.03. The lowest BCUT2D eigenvalue weighted by Crippen LogP contribution is -2.36. The minimum Gasteiger partial charge on any atom is -0.503 e. The van der Waals surface area contributed by atoms with Crippen LogP contribution in [0.25, 0.3) is 6.08 Å². The molecule has 1 atom stereocenters. The molecule has 0 fully saturated rings. The van der Waals surface area contributed by atoms with Gasteiger partial charge in [0.1, 0.15) is 6.61 Å². The smallest absolute Gasteiger partial charge is 0.290 e. The molecule has 0 aliphatic carbocycles. The molecule has 7 heteroatoms.